The highest BCUT2D eigenvalue weighted by Gasteiger charge is 2.52. The van der Waals surface area contributed by atoms with Crippen molar-refractivity contribution in [3.8, 4) is 5.75 Å². The molecule has 2 fully saturated rings. The highest BCUT2D eigenvalue weighted by atomic mass is 28.4. The van der Waals surface area contributed by atoms with Crippen LogP contribution in [0, 0.1) is 5.92 Å². The zero-order valence-electron chi connectivity index (χ0n) is 23.0. The van der Waals surface area contributed by atoms with E-state index in [1.54, 1.807) is 22.9 Å². The Morgan fingerprint density at radius 2 is 1.95 bits per heavy atom. The molecule has 3 aliphatic heterocycles. The molecule has 2 aromatic rings. The number of likely N-dealkylation sites (tertiary alicyclic amines) is 1. The summed E-state index contributed by atoms with van der Waals surface area (Å²) < 4.78 is 27.6. The van der Waals surface area contributed by atoms with Crippen molar-refractivity contribution in [3.05, 3.63) is 54.1 Å². The maximum absolute atomic E-state index is 15.6. The summed E-state index contributed by atoms with van der Waals surface area (Å²) in [5.41, 5.74) is 2.31. The first-order valence-corrected chi connectivity index (χ1v) is 17.0. The third-order valence-electron chi connectivity index (χ3n) is 8.57. The quantitative estimate of drug-likeness (QED) is 0.367. The molecule has 0 spiro atoms. The molecule has 7 nitrogen and oxygen atoms in total. The summed E-state index contributed by atoms with van der Waals surface area (Å²) in [6, 6.07) is 15.3. The number of hydrogen-bond acceptors (Lipinski definition) is 5. The van der Waals surface area contributed by atoms with Crippen LogP contribution in [0.3, 0.4) is 0 Å². The fourth-order valence-corrected chi connectivity index (χ4v) is 9.31. The molecule has 0 aromatic heterocycles. The van der Waals surface area contributed by atoms with E-state index in [-0.39, 0.29) is 55.1 Å². The average molecular weight is 555 g/mol. The van der Waals surface area contributed by atoms with Crippen molar-refractivity contribution >= 4 is 31.6 Å². The molecule has 0 aliphatic carbocycles. The molecule has 3 aliphatic rings. The number of para-hydroxylation sites is 2. The summed E-state index contributed by atoms with van der Waals surface area (Å²) in [5, 5.41) is 9.65. The van der Waals surface area contributed by atoms with Crippen LogP contribution in [0.2, 0.25) is 18.6 Å². The zero-order valence-corrected chi connectivity index (χ0v) is 24.0. The van der Waals surface area contributed by atoms with Crippen LogP contribution in [0.1, 0.15) is 38.2 Å². The number of nitrogens with zero attached hydrogens (tertiary/aromatic N) is 2. The molecule has 3 heterocycles. The molecule has 9 heteroatoms. The highest BCUT2D eigenvalue weighted by Crippen LogP contribution is 2.47. The van der Waals surface area contributed by atoms with Crippen LogP contribution in [0.5, 0.6) is 5.75 Å². The first-order chi connectivity index (χ1) is 18.7. The summed E-state index contributed by atoms with van der Waals surface area (Å²) in [5.74, 6) is 0.512. The molecule has 2 amide bonds. The fourth-order valence-electron chi connectivity index (χ4n) is 6.76. The summed E-state index contributed by atoms with van der Waals surface area (Å²) in [6.07, 6.45) is 2.66. The molecule has 2 saturated heterocycles. The second-order valence-electron chi connectivity index (χ2n) is 11.6. The summed E-state index contributed by atoms with van der Waals surface area (Å²) in [7, 11) is -3.11. The average Bonchev–Trinajstić information content (AvgIpc) is 3.51. The van der Waals surface area contributed by atoms with Gasteiger partial charge < -0.3 is 23.6 Å². The number of ether oxygens (including phenoxy) is 2. The number of carbonyl (C=O) groups excluding carboxylic acids is 2. The molecule has 0 saturated carbocycles. The molecule has 1 N–H and O–H groups in total. The molecule has 0 bridgehead atoms. The molecule has 5 rings (SSSR count). The lowest BCUT2D eigenvalue weighted by Crippen LogP contribution is -2.42. The smallest absolute Gasteiger partial charge is 0.269 e. The van der Waals surface area contributed by atoms with E-state index in [9.17, 15) is 14.7 Å². The lowest BCUT2D eigenvalue weighted by Gasteiger charge is -2.30. The van der Waals surface area contributed by atoms with Gasteiger partial charge >= 0.3 is 0 Å². The third kappa shape index (κ3) is 5.76. The first kappa shape index (κ1) is 27.8. The van der Waals surface area contributed by atoms with Gasteiger partial charge in [0.1, 0.15) is 5.75 Å². The van der Waals surface area contributed by atoms with E-state index in [2.05, 4.69) is 6.92 Å². The number of aryl methyl sites for hydroxylation is 1. The first-order valence-electron chi connectivity index (χ1n) is 14.1. The number of halogens is 1. The van der Waals surface area contributed by atoms with E-state index >= 15 is 4.11 Å². The molecular weight excluding hydrogens is 515 g/mol. The van der Waals surface area contributed by atoms with Crippen LogP contribution in [-0.4, -0.2) is 68.2 Å². The van der Waals surface area contributed by atoms with Gasteiger partial charge in [-0.05, 0) is 74.5 Å². The third-order valence-corrected chi connectivity index (χ3v) is 11.1. The van der Waals surface area contributed by atoms with Crippen LogP contribution in [-0.2, 0) is 20.7 Å². The minimum atomic E-state index is -3.11. The molecule has 2 aromatic carbocycles. The van der Waals surface area contributed by atoms with Crippen molar-refractivity contribution in [1.29, 1.82) is 0 Å². The summed E-state index contributed by atoms with van der Waals surface area (Å²) in [4.78, 5) is 29.3. The topological polar surface area (TPSA) is 79.3 Å². The lowest BCUT2D eigenvalue weighted by atomic mass is 9.95. The van der Waals surface area contributed by atoms with Crippen molar-refractivity contribution in [1.82, 2.24) is 4.90 Å². The fraction of sp³-hybridized carbons (Fsp3) is 0.533. The Bertz CT molecular complexity index is 1200. The second kappa shape index (κ2) is 11.4. The minimum Gasteiger partial charge on any atom is -0.482 e. The number of aliphatic hydroxyl groups excluding tert-OH is 1. The van der Waals surface area contributed by atoms with Gasteiger partial charge in [0, 0.05) is 17.8 Å². The Hall–Kier alpha value is -2.75. The predicted molar refractivity (Wildman–Crippen MR) is 150 cm³/mol. The van der Waals surface area contributed by atoms with Crippen LogP contribution < -0.4 is 9.64 Å². The van der Waals surface area contributed by atoms with Gasteiger partial charge in [-0.2, -0.15) is 0 Å². The van der Waals surface area contributed by atoms with Crippen LogP contribution in [0.4, 0.5) is 15.5 Å². The summed E-state index contributed by atoms with van der Waals surface area (Å²) >= 11 is 0. The number of aliphatic hydroxyl groups is 1. The van der Waals surface area contributed by atoms with E-state index < -0.39 is 14.5 Å². The number of benzene rings is 2. The van der Waals surface area contributed by atoms with E-state index in [1.807, 2.05) is 48.5 Å². The second-order valence-corrected chi connectivity index (χ2v) is 15.4. The van der Waals surface area contributed by atoms with Crippen molar-refractivity contribution in [2.45, 2.75) is 75.9 Å². The van der Waals surface area contributed by atoms with Crippen LogP contribution >= 0.6 is 0 Å². The van der Waals surface area contributed by atoms with Gasteiger partial charge in [-0.15, -0.1) is 0 Å². The molecule has 5 atom stereocenters. The number of anilines is 2. The van der Waals surface area contributed by atoms with Crippen LogP contribution in [0.15, 0.2) is 48.5 Å². The normalized spacial score (nSPS) is 27.0. The number of amides is 2. The monoisotopic (exact) mass is 554 g/mol. The van der Waals surface area contributed by atoms with Crippen molar-refractivity contribution < 1.29 is 28.3 Å². The Kier molecular flexibility index (Phi) is 8.12. The Labute approximate surface area is 231 Å². The molecule has 39 heavy (non-hydrogen) atoms. The van der Waals surface area contributed by atoms with E-state index in [4.69, 9.17) is 9.47 Å². The lowest BCUT2D eigenvalue weighted by molar-refractivity contribution is -0.135. The summed E-state index contributed by atoms with van der Waals surface area (Å²) in [6.45, 7) is 6.08. The van der Waals surface area contributed by atoms with Gasteiger partial charge in [-0.1, -0.05) is 31.2 Å². The Balaban J connectivity index is 1.28. The maximum atomic E-state index is 15.6. The van der Waals surface area contributed by atoms with Crippen molar-refractivity contribution in [3.63, 3.8) is 0 Å². The molecule has 0 unspecified atom stereocenters. The molecule has 210 valence electrons. The predicted octanol–water partition coefficient (Wildman–Crippen LogP) is 5.00. The number of rotatable bonds is 8. The van der Waals surface area contributed by atoms with Gasteiger partial charge in [0.05, 0.1) is 37.0 Å². The number of hydrogen-bond donors (Lipinski definition) is 1. The Morgan fingerprint density at radius 3 is 2.72 bits per heavy atom. The minimum absolute atomic E-state index is 0.00226. The maximum Gasteiger partial charge on any atom is 0.269 e. The SMILES string of the molecule is C[C@H]1[C@H]([Si](C)(C)F)[C@@H](CC(=O)N2CCC[C@H]2CO)O[C@H]1CCc1cccc(N2C(=O)COc3ccccc32)c1. The number of fused-ring (bicyclic) bond motifs is 1. The van der Waals surface area contributed by atoms with Gasteiger partial charge in [-0.3, -0.25) is 14.5 Å². The van der Waals surface area contributed by atoms with Gasteiger partial charge in [-0.25, -0.2) is 0 Å². The van der Waals surface area contributed by atoms with Gasteiger partial charge in [0.15, 0.2) is 6.61 Å². The van der Waals surface area contributed by atoms with Crippen molar-refractivity contribution in [2.75, 3.05) is 24.7 Å². The largest absolute Gasteiger partial charge is 0.482 e. The van der Waals surface area contributed by atoms with Crippen molar-refractivity contribution in [2.24, 2.45) is 5.92 Å². The molecule has 0 radical (unpaired) electrons. The van der Waals surface area contributed by atoms with Gasteiger partial charge in [0.25, 0.3) is 5.91 Å². The number of carbonyl (C=O) groups is 2. The zero-order chi connectivity index (χ0) is 27.7. The highest BCUT2D eigenvalue weighted by molar-refractivity contribution is 6.72. The Morgan fingerprint density at radius 1 is 1.15 bits per heavy atom. The standard InChI is InChI=1S/C30H39FN2O5Si/c1-20-25(38-27(30(20)39(2,3)31)17-28(35)32-15-7-10-23(32)18-34)14-13-21-8-6-9-22(16-21)33-24-11-4-5-12-26(24)37-19-29(33)36/h4-6,8-9,11-12,16,20,23,25,27,30,34H,7,10,13-15,17-19H2,1-3H3/t20-,23+,25+,27-,30+/m1/s1. The van der Waals surface area contributed by atoms with Crippen LogP contribution in [0.25, 0.3) is 0 Å². The molecular formula is C30H39FN2O5Si. The van der Waals surface area contributed by atoms with E-state index in [1.165, 1.54) is 0 Å². The van der Waals surface area contributed by atoms with E-state index in [0.29, 0.717) is 25.1 Å². The van der Waals surface area contributed by atoms with Gasteiger partial charge in [0.2, 0.25) is 14.3 Å². The van der Waals surface area contributed by atoms with E-state index in [0.717, 1.165) is 29.8 Å².